The molecule has 3 aliphatic heterocycles. The quantitative estimate of drug-likeness (QED) is 0.0574. The van der Waals surface area contributed by atoms with Gasteiger partial charge in [-0.05, 0) is 146 Å². The number of nitrogens with zero attached hydrogens (tertiary/aromatic N) is 6. The van der Waals surface area contributed by atoms with E-state index in [1.54, 1.807) is 58.5 Å². The number of aromatic carboxylic acids is 1. The average molecular weight is 1680 g/mol. The van der Waals surface area contributed by atoms with Crippen LogP contribution in [0.15, 0.2) is 87.3 Å². The van der Waals surface area contributed by atoms with Crippen LogP contribution in [0.25, 0.3) is 22.4 Å². The molecule has 0 bridgehead atoms. The molecule has 10 aliphatic rings. The van der Waals surface area contributed by atoms with Crippen molar-refractivity contribution in [1.82, 2.24) is 29.9 Å². The lowest BCUT2D eigenvalue weighted by molar-refractivity contribution is -0.205. The number of hydrogen-bond donors (Lipinski definition) is 17. The second-order valence-electron chi connectivity index (χ2n) is 32.2. The SMILES string of the molecule is CCC[C@@H]1C[C@@H](C(=O)N[C@@H]([C@H]2O[C@H](SC)[C@H](O)[C@@H](O)[C@H]2O)[C@H](C)Cl)N(C)C1.CN(C)c1ccc(O)c2c1C[C@H]1C[C@H]3[C@H](N(C)C)C(=O)C(C(N)=O)=C(O)[C@@]3(O)C(=O)C1=C2O.C[C@H]1c2cccc(O)c2C(O)=C2C(=O)[C@]3(O)C(O)=C(C(N)=O)C(=O)[C@@H](N(C)C)[C@@H]3[C@@H](O)[C@@H]21.O.O=C(O)c1cn(C2CC2)c2cc(N3CCNCC3)c(F)cc2c1=O. The number of nitrogens with one attached hydrogen (secondary N) is 2. The van der Waals surface area contributed by atoms with Gasteiger partial charge in [-0.2, -0.15) is 0 Å². The second kappa shape index (κ2) is 34.7. The Hall–Kier alpha value is -9.12. The van der Waals surface area contributed by atoms with Gasteiger partial charge in [0, 0.05) is 93.1 Å². The number of primary amides is 2. The minimum absolute atomic E-state index is 0. The fraction of sp³-hybridized carbons (Fsp3) is 0.537. The number of carboxylic acid groups (broad SMARTS) is 1. The molecule has 0 spiro atoms. The molecule has 0 radical (unpaired) electrons. The predicted octanol–water partition coefficient (Wildman–Crippen LogP) is 0.674. The maximum absolute atomic E-state index is 14.6. The van der Waals surface area contributed by atoms with Crippen LogP contribution in [0.3, 0.4) is 0 Å². The van der Waals surface area contributed by atoms with Crippen LogP contribution in [-0.4, -0.2) is 303 Å². The lowest BCUT2D eigenvalue weighted by Gasteiger charge is -2.53. The Balaban J connectivity index is 0.000000165. The van der Waals surface area contributed by atoms with Crippen LogP contribution in [0.2, 0.25) is 0 Å². The molecule has 6 fully saturated rings. The third-order valence-electron chi connectivity index (χ3n) is 24.4. The Labute approximate surface area is 681 Å². The highest BCUT2D eigenvalue weighted by atomic mass is 35.5. The zero-order chi connectivity index (χ0) is 85.6. The number of aromatic hydroxyl groups is 2. The van der Waals surface area contributed by atoms with Crippen LogP contribution in [0, 0.1) is 35.4 Å². The number of rotatable bonds is 15. The topological polar surface area (TPSA) is 555 Å². The molecule has 37 heteroatoms. The third kappa shape index (κ3) is 15.7. The molecule has 3 saturated heterocycles. The Bertz CT molecular complexity index is 4850. The number of aromatic nitrogens is 1. The summed E-state index contributed by atoms with van der Waals surface area (Å²) in [6, 6.07) is 7.28. The van der Waals surface area contributed by atoms with Crippen molar-refractivity contribution in [2.45, 2.75) is 154 Å². The number of likely N-dealkylation sites (N-methyl/N-ethyl adjacent to an activating group) is 3. The number of nitrogens with two attached hydrogens (primary N) is 2. The van der Waals surface area contributed by atoms with E-state index in [0.29, 0.717) is 41.3 Å². The molecule has 3 amide bonds. The molecule has 0 unspecified atom stereocenters. The first-order chi connectivity index (χ1) is 54.5. The lowest BCUT2D eigenvalue weighted by atomic mass is 9.54. The highest BCUT2D eigenvalue weighted by molar-refractivity contribution is 7.99. The van der Waals surface area contributed by atoms with E-state index in [1.807, 2.05) is 40.4 Å². The molecule has 117 heavy (non-hydrogen) atoms. The zero-order valence-corrected chi connectivity index (χ0v) is 68.0. The largest absolute Gasteiger partial charge is 0.508 e. The highest BCUT2D eigenvalue weighted by Gasteiger charge is 2.69. The van der Waals surface area contributed by atoms with E-state index >= 15 is 0 Å². The van der Waals surface area contributed by atoms with E-state index in [-0.39, 0.29) is 75.5 Å². The van der Waals surface area contributed by atoms with E-state index in [4.69, 9.17) is 27.8 Å². The third-order valence-corrected chi connectivity index (χ3v) is 25.5. The van der Waals surface area contributed by atoms with Gasteiger partial charge in [0.05, 0.1) is 63.9 Å². The zero-order valence-electron chi connectivity index (χ0n) is 66.4. The van der Waals surface area contributed by atoms with Gasteiger partial charge in [-0.3, -0.25) is 53.1 Å². The summed E-state index contributed by atoms with van der Waals surface area (Å²) >= 11 is 7.55. The Morgan fingerprint density at radius 3 is 1.92 bits per heavy atom. The number of phenolic OH excluding ortho intramolecular Hbond substituents is 2. The van der Waals surface area contributed by atoms with Crippen molar-refractivity contribution in [3.05, 3.63) is 126 Å². The number of anilines is 2. The van der Waals surface area contributed by atoms with Gasteiger partial charge in [-0.15, -0.1) is 23.4 Å². The summed E-state index contributed by atoms with van der Waals surface area (Å²) in [5, 5.41) is 144. The fourth-order valence-electron chi connectivity index (χ4n) is 18.7. The number of fused-ring (bicyclic) bond motifs is 7. The number of carbonyl (C=O) groups excluding carboxylic acids is 7. The number of amides is 3. The summed E-state index contributed by atoms with van der Waals surface area (Å²) in [7, 11) is 11.6. The predicted molar refractivity (Wildman–Crippen MR) is 428 cm³/mol. The molecule has 21 N–H and O–H groups in total. The number of alkyl halides is 1. The van der Waals surface area contributed by atoms with Crippen LogP contribution in [0.1, 0.15) is 104 Å². The highest BCUT2D eigenvalue weighted by Crippen LogP contribution is 2.58. The van der Waals surface area contributed by atoms with Crippen molar-refractivity contribution in [3.8, 4) is 11.5 Å². The number of Topliss-reactive ketones (excluding diaryl/α,β-unsaturated/α-hetero) is 4. The van der Waals surface area contributed by atoms with Crippen molar-refractivity contribution < 1.29 is 119 Å². The van der Waals surface area contributed by atoms with E-state index in [2.05, 4.69) is 17.6 Å². The van der Waals surface area contributed by atoms with Crippen LogP contribution < -0.4 is 37.3 Å². The minimum Gasteiger partial charge on any atom is -0.508 e. The number of phenols is 2. The van der Waals surface area contributed by atoms with E-state index in [0.717, 1.165) is 57.4 Å². The van der Waals surface area contributed by atoms with Gasteiger partial charge in [0.25, 0.3) is 11.8 Å². The first-order valence-electron chi connectivity index (χ1n) is 38.2. The minimum atomic E-state index is -2.89. The summed E-state index contributed by atoms with van der Waals surface area (Å²) in [6.45, 7) is 9.38. The number of ether oxygens (including phenoxy) is 1. The van der Waals surface area contributed by atoms with Gasteiger partial charge in [0.2, 0.25) is 22.9 Å². The number of likely N-dealkylation sites (tertiary alicyclic amines) is 1. The molecule has 4 aromatic rings. The first kappa shape index (κ1) is 90.2. The summed E-state index contributed by atoms with van der Waals surface area (Å²) in [5.74, 6) is -16.8. The smallest absolute Gasteiger partial charge is 0.341 e. The number of aliphatic hydroxyl groups is 10. The molecule has 34 nitrogen and oxygen atoms in total. The molecule has 19 atom stereocenters. The molecule has 4 heterocycles. The summed E-state index contributed by atoms with van der Waals surface area (Å²) in [6.07, 6.45) is 1.93. The van der Waals surface area contributed by atoms with E-state index < -0.39 is 192 Å². The number of aliphatic hydroxyl groups excluding tert-OH is 8. The number of hydrogen-bond acceptors (Lipinski definition) is 29. The number of ketones is 4. The van der Waals surface area contributed by atoms with E-state index in [1.165, 1.54) is 60.1 Å². The number of pyridine rings is 1. The number of piperazine rings is 1. The first-order valence-corrected chi connectivity index (χ1v) is 40.0. The van der Waals surface area contributed by atoms with Crippen LogP contribution in [0.4, 0.5) is 15.8 Å². The van der Waals surface area contributed by atoms with Crippen molar-refractivity contribution in [2.75, 3.05) is 98.1 Å². The standard InChI is InChI=1S/C23H27N3O7.C22H24N2O8.C18H33ClN2O5S.C17H18FN3O3.H2O/c1-25(2)12-5-6-13(27)15-10(12)7-9-8-11-17(26(3)4)19(29)16(22(24)32)21(31)23(11,33)20(30)14(9)18(15)28;1-7-8-5-4-6-9(25)11(8)16(26)12-10(7)17(27)14-15(24(2)3)18(28)13(21(23)31)20(30)22(14,32)19(12)29;1-5-6-10-7-11(21(3)8-10)17(25)20-12(9(2)19)16-14(23)13(22)15(24)18(26-16)27-4;18-13-7-11-14(8-15(13)20-5-3-19-4-6-20)21(10-1-2-10)9-12(16(11)22)17(23)24;/h5-6,9,11,17,27-28,31,33H,7-8H2,1-4H3,(H2,24,32);4-7,10,14-15,17,25-27,30,32H,1-3H3,(H2,23,31);9-16,18,22-24H,5-8H2,1-4H3,(H,20,25);7-10,19H,1-6H2,(H,23,24);1H2/t9-,11-,17-,23-;7-,10+,14+,15-,17-,22-;9-,10+,11-,12+,13-,14+,15+,16+,18+;;/m000../s1. The molecule has 14 rings (SSSR count). The van der Waals surface area contributed by atoms with Gasteiger partial charge in [-0.25, -0.2) is 9.18 Å². The van der Waals surface area contributed by atoms with Crippen LogP contribution >= 0.6 is 23.4 Å². The van der Waals surface area contributed by atoms with Crippen LogP contribution in [-0.2, 0) is 44.7 Å². The van der Waals surface area contributed by atoms with Crippen molar-refractivity contribution >= 4 is 104 Å². The lowest BCUT2D eigenvalue weighted by Crippen LogP contribution is -2.70. The van der Waals surface area contributed by atoms with Crippen molar-refractivity contribution in [2.24, 2.45) is 41.1 Å². The molecule has 1 aromatic heterocycles. The molecule has 638 valence electrons. The number of benzene rings is 3. The number of carbonyl (C=O) groups is 8. The molecule has 7 aliphatic carbocycles. The number of carboxylic acids is 1. The summed E-state index contributed by atoms with van der Waals surface area (Å²) in [4.78, 5) is 123. The Morgan fingerprint density at radius 1 is 0.786 bits per heavy atom. The van der Waals surface area contributed by atoms with Gasteiger partial charge in [0.15, 0.2) is 22.8 Å². The normalized spacial score (nSPS) is 30.5. The molecule has 3 aromatic carbocycles. The second-order valence-corrected chi connectivity index (χ2v) is 33.8. The molecular weight excluding hydrogens is 1570 g/mol. The van der Waals surface area contributed by atoms with Crippen LogP contribution in [0.5, 0.6) is 11.5 Å². The monoisotopic (exact) mass is 1670 g/mol. The number of halogens is 2. The summed E-state index contributed by atoms with van der Waals surface area (Å²) in [5.41, 5.74) is 4.07. The van der Waals surface area contributed by atoms with E-state index in [9.17, 15) is 114 Å². The maximum Gasteiger partial charge on any atom is 0.341 e. The molecule has 3 saturated carbocycles. The van der Waals surface area contributed by atoms with Gasteiger partial charge >= 0.3 is 5.97 Å². The van der Waals surface area contributed by atoms with Gasteiger partial charge < -0.3 is 113 Å². The Morgan fingerprint density at radius 2 is 1.37 bits per heavy atom. The molecular formula is C80H104ClFN10O24S. The fourth-order valence-corrected chi connectivity index (χ4v) is 19.5. The summed E-state index contributed by atoms with van der Waals surface area (Å²) < 4.78 is 22.2. The Kier molecular flexibility index (Phi) is 26.7. The number of thioether (sulfide) groups is 1. The average Bonchev–Trinajstić information content (AvgIpc) is 1.49. The van der Waals surface area contributed by atoms with Gasteiger partial charge in [0.1, 0.15) is 86.9 Å². The van der Waals surface area contributed by atoms with Crippen molar-refractivity contribution in [3.63, 3.8) is 0 Å². The van der Waals surface area contributed by atoms with Gasteiger partial charge in [-0.1, -0.05) is 32.4 Å². The maximum atomic E-state index is 14.6. The van der Waals surface area contributed by atoms with Crippen molar-refractivity contribution in [1.29, 1.82) is 0 Å².